The van der Waals surface area contributed by atoms with E-state index in [1.807, 2.05) is 54.6 Å². The summed E-state index contributed by atoms with van der Waals surface area (Å²) in [6.45, 7) is 0.139. The second kappa shape index (κ2) is 9.27. The van der Waals surface area contributed by atoms with Gasteiger partial charge in [-0.1, -0.05) is 52.3 Å². The van der Waals surface area contributed by atoms with Gasteiger partial charge in [0, 0.05) is 20.8 Å². The molecule has 2 aromatic rings. The summed E-state index contributed by atoms with van der Waals surface area (Å²) in [6.07, 6.45) is 5.22. The first kappa shape index (κ1) is 17.4. The Morgan fingerprint density at radius 1 is 1.13 bits per heavy atom. The number of hydrogen-bond acceptors (Lipinski definition) is 3. The monoisotopic (exact) mass is 435 g/mol. The van der Waals surface area contributed by atoms with Gasteiger partial charge in [0.25, 0.3) is 5.91 Å². The van der Waals surface area contributed by atoms with Crippen molar-refractivity contribution in [3.05, 3.63) is 69.1 Å². The molecule has 2 rings (SSSR count). The summed E-state index contributed by atoms with van der Waals surface area (Å²) in [6, 6.07) is 15.6. The highest BCUT2D eigenvalue weighted by Crippen LogP contribution is 2.25. The molecule has 1 amide bonds. The lowest BCUT2D eigenvalue weighted by Gasteiger charge is -2.07. The van der Waals surface area contributed by atoms with Gasteiger partial charge in [0.15, 0.2) is 0 Å². The Labute approximate surface area is 151 Å². The van der Waals surface area contributed by atoms with Gasteiger partial charge in [-0.25, -0.2) is 5.43 Å². The zero-order valence-corrected chi connectivity index (χ0v) is 15.3. The minimum Gasteiger partial charge on any atom is -0.375 e. The van der Waals surface area contributed by atoms with Crippen LogP contribution in [0.4, 0.5) is 5.69 Å². The smallest absolute Gasteiger partial charge is 0.259 e. The predicted octanol–water partition coefficient (Wildman–Crippen LogP) is 4.44. The van der Waals surface area contributed by atoms with Crippen LogP contribution in [0.5, 0.6) is 0 Å². The van der Waals surface area contributed by atoms with E-state index in [1.54, 1.807) is 12.3 Å². The van der Waals surface area contributed by atoms with E-state index >= 15 is 0 Å². The van der Waals surface area contributed by atoms with Crippen LogP contribution >= 0.6 is 31.9 Å². The van der Waals surface area contributed by atoms with Gasteiger partial charge in [0.1, 0.15) is 0 Å². The fraction of sp³-hybridized carbons (Fsp3) is 0.0588. The van der Waals surface area contributed by atoms with Gasteiger partial charge < -0.3 is 5.32 Å². The third kappa shape index (κ3) is 6.38. The summed E-state index contributed by atoms with van der Waals surface area (Å²) in [5.41, 5.74) is 4.38. The van der Waals surface area contributed by atoms with Crippen molar-refractivity contribution >= 4 is 55.7 Å². The molecular weight excluding hydrogens is 422 g/mol. The molecule has 0 unspecified atom stereocenters. The molecule has 4 nitrogen and oxygen atoms in total. The number of benzene rings is 2. The molecule has 0 aliphatic heterocycles. The molecule has 0 saturated carbocycles. The average Bonchev–Trinajstić information content (AvgIpc) is 2.54. The van der Waals surface area contributed by atoms with Gasteiger partial charge in [0.05, 0.1) is 6.54 Å². The van der Waals surface area contributed by atoms with Crippen molar-refractivity contribution in [3.8, 4) is 0 Å². The van der Waals surface area contributed by atoms with Crippen LogP contribution in [0.25, 0.3) is 6.08 Å². The Balaban J connectivity index is 1.74. The van der Waals surface area contributed by atoms with Crippen molar-refractivity contribution in [1.82, 2.24) is 5.43 Å². The molecule has 0 saturated heterocycles. The number of carbonyl (C=O) groups excluding carboxylic acids is 1. The maximum absolute atomic E-state index is 11.7. The predicted molar refractivity (Wildman–Crippen MR) is 102 cm³/mol. The molecule has 23 heavy (non-hydrogen) atoms. The Kier molecular flexibility index (Phi) is 7.03. The SMILES string of the molecule is O=C(CNc1ccc(Br)cc1Br)N/N=C/C=C\c1ccccc1. The lowest BCUT2D eigenvalue weighted by atomic mass is 10.2. The summed E-state index contributed by atoms with van der Waals surface area (Å²) in [5.74, 6) is -0.218. The molecule has 6 heteroatoms. The lowest BCUT2D eigenvalue weighted by molar-refractivity contribution is -0.119. The van der Waals surface area contributed by atoms with E-state index in [0.29, 0.717) is 0 Å². The fourth-order valence-corrected chi connectivity index (χ4v) is 2.91. The molecule has 0 radical (unpaired) electrons. The van der Waals surface area contributed by atoms with Crippen LogP contribution in [0.3, 0.4) is 0 Å². The molecule has 0 aliphatic rings. The number of carbonyl (C=O) groups is 1. The van der Waals surface area contributed by atoms with Crippen molar-refractivity contribution < 1.29 is 4.79 Å². The van der Waals surface area contributed by atoms with Gasteiger partial charge in [-0.3, -0.25) is 4.79 Å². The number of hydrogen-bond donors (Lipinski definition) is 2. The number of nitrogens with one attached hydrogen (secondary N) is 2. The number of hydrazone groups is 1. The van der Waals surface area contributed by atoms with Gasteiger partial charge >= 0.3 is 0 Å². The third-order valence-corrected chi connectivity index (χ3v) is 3.96. The summed E-state index contributed by atoms with van der Waals surface area (Å²) in [7, 11) is 0. The molecule has 0 aromatic heterocycles. The third-order valence-electron chi connectivity index (χ3n) is 2.81. The number of rotatable bonds is 6. The standard InChI is InChI=1S/C17H15Br2N3O/c18-14-8-9-16(15(19)11-14)20-12-17(23)22-21-10-4-7-13-5-2-1-3-6-13/h1-11,20H,12H2,(H,22,23)/b7-4-,21-10+. The van der Waals surface area contributed by atoms with Crippen LogP contribution in [0.1, 0.15) is 5.56 Å². The van der Waals surface area contributed by atoms with E-state index in [0.717, 1.165) is 20.2 Å². The maximum atomic E-state index is 11.7. The second-order valence-electron chi connectivity index (χ2n) is 4.56. The van der Waals surface area contributed by atoms with Crippen LogP contribution in [0, 0.1) is 0 Å². The van der Waals surface area contributed by atoms with Crippen LogP contribution in [0.15, 0.2) is 68.7 Å². The van der Waals surface area contributed by atoms with E-state index in [1.165, 1.54) is 0 Å². The van der Waals surface area contributed by atoms with Crippen molar-refractivity contribution in [2.24, 2.45) is 5.10 Å². The van der Waals surface area contributed by atoms with Crippen molar-refractivity contribution in [2.45, 2.75) is 0 Å². The number of allylic oxidation sites excluding steroid dienone is 1. The van der Waals surface area contributed by atoms with Crippen molar-refractivity contribution in [2.75, 3.05) is 11.9 Å². The largest absolute Gasteiger partial charge is 0.375 e. The molecule has 0 fully saturated rings. The summed E-state index contributed by atoms with van der Waals surface area (Å²) in [4.78, 5) is 11.7. The van der Waals surface area contributed by atoms with E-state index < -0.39 is 0 Å². The Bertz CT molecular complexity index is 715. The summed E-state index contributed by atoms with van der Waals surface area (Å²) < 4.78 is 1.85. The minimum atomic E-state index is -0.218. The van der Waals surface area contributed by atoms with Gasteiger partial charge in [-0.05, 0) is 45.8 Å². The topological polar surface area (TPSA) is 53.5 Å². The molecule has 0 heterocycles. The Morgan fingerprint density at radius 3 is 2.65 bits per heavy atom. The zero-order valence-electron chi connectivity index (χ0n) is 12.2. The first-order valence-electron chi connectivity index (χ1n) is 6.88. The zero-order chi connectivity index (χ0) is 16.5. The second-order valence-corrected chi connectivity index (χ2v) is 6.33. The molecule has 0 aliphatic carbocycles. The molecule has 0 spiro atoms. The van der Waals surface area contributed by atoms with Gasteiger partial charge in [-0.2, -0.15) is 5.10 Å². The molecular formula is C17H15Br2N3O. The maximum Gasteiger partial charge on any atom is 0.259 e. The highest BCUT2D eigenvalue weighted by molar-refractivity contribution is 9.11. The van der Waals surface area contributed by atoms with Crippen LogP contribution in [-0.4, -0.2) is 18.7 Å². The average molecular weight is 437 g/mol. The molecule has 118 valence electrons. The van der Waals surface area contributed by atoms with Crippen LogP contribution in [-0.2, 0) is 4.79 Å². The van der Waals surface area contributed by atoms with Crippen molar-refractivity contribution in [1.29, 1.82) is 0 Å². The van der Waals surface area contributed by atoms with Crippen molar-refractivity contribution in [3.63, 3.8) is 0 Å². The van der Waals surface area contributed by atoms with E-state index in [2.05, 4.69) is 47.7 Å². The number of anilines is 1. The van der Waals surface area contributed by atoms with Gasteiger partial charge in [-0.15, -0.1) is 0 Å². The fourth-order valence-electron chi connectivity index (χ4n) is 1.72. The normalized spacial score (nSPS) is 11.0. The van der Waals surface area contributed by atoms with Gasteiger partial charge in [0.2, 0.25) is 0 Å². The Hall–Kier alpha value is -1.92. The molecule has 2 aromatic carbocycles. The summed E-state index contributed by atoms with van der Waals surface area (Å²) in [5, 5.41) is 6.90. The first-order valence-corrected chi connectivity index (χ1v) is 8.46. The quantitative estimate of drug-likeness (QED) is 0.519. The van der Waals surface area contributed by atoms with Crippen LogP contribution < -0.4 is 10.7 Å². The molecule has 2 N–H and O–H groups in total. The first-order chi connectivity index (χ1) is 11.1. The highest BCUT2D eigenvalue weighted by Gasteiger charge is 2.03. The van der Waals surface area contributed by atoms with E-state index in [9.17, 15) is 4.79 Å². The molecule has 0 bridgehead atoms. The summed E-state index contributed by atoms with van der Waals surface area (Å²) >= 11 is 6.81. The number of halogens is 2. The van der Waals surface area contributed by atoms with E-state index in [-0.39, 0.29) is 12.5 Å². The molecule has 0 atom stereocenters. The number of nitrogens with zero attached hydrogens (tertiary/aromatic N) is 1. The van der Waals surface area contributed by atoms with Crippen LogP contribution in [0.2, 0.25) is 0 Å². The Morgan fingerprint density at radius 2 is 1.91 bits per heavy atom. The minimum absolute atomic E-state index is 0.139. The highest BCUT2D eigenvalue weighted by atomic mass is 79.9. The van der Waals surface area contributed by atoms with E-state index in [4.69, 9.17) is 0 Å². The number of amides is 1. The lowest BCUT2D eigenvalue weighted by Crippen LogP contribution is -2.25.